The van der Waals surface area contributed by atoms with Crippen molar-refractivity contribution in [2.75, 3.05) is 46.4 Å². The lowest BCUT2D eigenvalue weighted by molar-refractivity contribution is 0.0931. The highest BCUT2D eigenvalue weighted by atomic mass is 32.2. The topological polar surface area (TPSA) is 66.0 Å². The van der Waals surface area contributed by atoms with Crippen molar-refractivity contribution in [3.63, 3.8) is 0 Å². The number of rotatable bonds is 6. The smallest absolute Gasteiger partial charge is 0.255 e. The molecule has 0 aliphatic rings. The molecular weight excluding hydrogens is 312 g/mol. The fraction of sp³-hybridized carbons (Fsp3) is 0.500. The molecule has 0 aliphatic heterocycles. The summed E-state index contributed by atoms with van der Waals surface area (Å²) in [5.74, 6) is 0.387. The summed E-state index contributed by atoms with van der Waals surface area (Å²) in [7, 11) is 7.23. The van der Waals surface area contributed by atoms with E-state index < -0.39 is 0 Å². The standard InChI is InChI=1S/C16H26N4O2S/c1-11(10-20(3)4)18-15(21)13-8-7-12(9-14(13)22-5)19-16(17-2)23-6/h7-9,11H,10H2,1-6H3,(H,17,19)(H,18,21). The highest BCUT2D eigenvalue weighted by Gasteiger charge is 2.15. The molecular formula is C16H26N4O2S. The molecule has 0 fully saturated rings. The lowest BCUT2D eigenvalue weighted by atomic mass is 10.1. The van der Waals surface area contributed by atoms with Crippen LogP contribution in [-0.2, 0) is 0 Å². The van der Waals surface area contributed by atoms with E-state index in [-0.39, 0.29) is 11.9 Å². The monoisotopic (exact) mass is 338 g/mol. The van der Waals surface area contributed by atoms with Gasteiger partial charge in [-0.1, -0.05) is 11.8 Å². The normalized spacial score (nSPS) is 12.9. The second-order valence-electron chi connectivity index (χ2n) is 5.41. The zero-order chi connectivity index (χ0) is 17.4. The van der Waals surface area contributed by atoms with Crippen LogP contribution in [0.4, 0.5) is 5.69 Å². The van der Waals surface area contributed by atoms with Gasteiger partial charge in [0, 0.05) is 31.4 Å². The van der Waals surface area contributed by atoms with Crippen LogP contribution in [0.2, 0.25) is 0 Å². The number of nitrogens with one attached hydrogen (secondary N) is 2. The molecule has 1 atom stereocenters. The van der Waals surface area contributed by atoms with Crippen molar-refractivity contribution in [2.45, 2.75) is 13.0 Å². The summed E-state index contributed by atoms with van der Waals surface area (Å²) < 4.78 is 5.36. The van der Waals surface area contributed by atoms with Crippen molar-refractivity contribution in [2.24, 2.45) is 4.99 Å². The Morgan fingerprint density at radius 2 is 2.13 bits per heavy atom. The molecule has 0 bridgehead atoms. The fourth-order valence-corrected chi connectivity index (χ4v) is 2.58. The summed E-state index contributed by atoms with van der Waals surface area (Å²) in [4.78, 5) is 18.6. The van der Waals surface area contributed by atoms with E-state index in [9.17, 15) is 4.79 Å². The number of amidine groups is 1. The molecule has 0 saturated carbocycles. The number of methoxy groups -OCH3 is 1. The number of amides is 1. The number of anilines is 1. The maximum Gasteiger partial charge on any atom is 0.255 e. The summed E-state index contributed by atoms with van der Waals surface area (Å²) in [5.41, 5.74) is 1.34. The molecule has 0 aromatic heterocycles. The highest BCUT2D eigenvalue weighted by Crippen LogP contribution is 2.24. The first-order valence-corrected chi connectivity index (χ1v) is 8.55. The molecule has 1 amide bonds. The first kappa shape index (κ1) is 19.3. The zero-order valence-corrected chi connectivity index (χ0v) is 15.5. The van der Waals surface area contributed by atoms with Crippen LogP contribution in [-0.4, -0.2) is 63.1 Å². The number of carbonyl (C=O) groups is 1. The molecule has 1 aromatic rings. The quantitative estimate of drug-likeness (QED) is 0.614. The number of hydrogen-bond acceptors (Lipinski definition) is 5. The van der Waals surface area contributed by atoms with Crippen LogP contribution in [0.1, 0.15) is 17.3 Å². The van der Waals surface area contributed by atoms with E-state index in [1.807, 2.05) is 38.2 Å². The van der Waals surface area contributed by atoms with Gasteiger partial charge < -0.3 is 20.3 Å². The van der Waals surface area contributed by atoms with Gasteiger partial charge in [-0.05, 0) is 39.4 Å². The number of likely N-dealkylation sites (N-methyl/N-ethyl adjacent to an activating group) is 1. The predicted molar refractivity (Wildman–Crippen MR) is 99.0 cm³/mol. The molecule has 0 spiro atoms. The van der Waals surface area contributed by atoms with Crippen molar-refractivity contribution in [1.82, 2.24) is 10.2 Å². The van der Waals surface area contributed by atoms with Crippen LogP contribution >= 0.6 is 11.8 Å². The molecule has 1 aromatic carbocycles. The summed E-state index contributed by atoms with van der Waals surface area (Å²) in [5, 5.41) is 6.95. The van der Waals surface area contributed by atoms with Crippen LogP contribution in [0.15, 0.2) is 23.2 Å². The number of aliphatic imine (C=N–C) groups is 1. The number of thioether (sulfide) groups is 1. The van der Waals surface area contributed by atoms with E-state index in [1.54, 1.807) is 26.3 Å². The SMILES string of the molecule is CN=C(Nc1ccc(C(=O)NC(C)CN(C)C)c(OC)c1)SC. The Labute approximate surface area is 142 Å². The maximum atomic E-state index is 12.4. The summed E-state index contributed by atoms with van der Waals surface area (Å²) in [6, 6.07) is 5.45. The minimum absolute atomic E-state index is 0.0512. The highest BCUT2D eigenvalue weighted by molar-refractivity contribution is 8.13. The molecule has 0 heterocycles. The van der Waals surface area contributed by atoms with Crippen LogP contribution < -0.4 is 15.4 Å². The predicted octanol–water partition coefficient (Wildman–Crippen LogP) is 2.14. The number of ether oxygens (including phenoxy) is 1. The molecule has 6 nitrogen and oxygen atoms in total. The third-order valence-corrected chi connectivity index (χ3v) is 3.78. The van der Waals surface area contributed by atoms with Gasteiger partial charge in [-0.15, -0.1) is 0 Å². The van der Waals surface area contributed by atoms with E-state index in [0.717, 1.165) is 17.4 Å². The van der Waals surface area contributed by atoms with Gasteiger partial charge in [-0.25, -0.2) is 0 Å². The number of hydrogen-bond donors (Lipinski definition) is 2. The van der Waals surface area contributed by atoms with Crippen molar-refractivity contribution in [3.05, 3.63) is 23.8 Å². The van der Waals surface area contributed by atoms with E-state index in [4.69, 9.17) is 4.74 Å². The van der Waals surface area contributed by atoms with Crippen molar-refractivity contribution < 1.29 is 9.53 Å². The lowest BCUT2D eigenvalue weighted by Crippen LogP contribution is -2.39. The summed E-state index contributed by atoms with van der Waals surface area (Å²) in [6.07, 6.45) is 1.94. The minimum atomic E-state index is -0.142. The molecule has 0 saturated heterocycles. The minimum Gasteiger partial charge on any atom is -0.496 e. The van der Waals surface area contributed by atoms with Crippen molar-refractivity contribution in [3.8, 4) is 5.75 Å². The Hall–Kier alpha value is -1.73. The van der Waals surface area contributed by atoms with Crippen LogP contribution in [0.3, 0.4) is 0 Å². The third-order valence-electron chi connectivity index (χ3n) is 3.11. The average molecular weight is 338 g/mol. The van der Waals surface area contributed by atoms with Gasteiger partial charge in [-0.2, -0.15) is 0 Å². The lowest BCUT2D eigenvalue weighted by Gasteiger charge is -2.19. The Kier molecular flexibility index (Phi) is 7.91. The Bertz CT molecular complexity index is 561. The molecule has 23 heavy (non-hydrogen) atoms. The second-order valence-corrected chi connectivity index (χ2v) is 6.20. The molecule has 0 radical (unpaired) electrons. The molecule has 1 unspecified atom stereocenters. The van der Waals surface area contributed by atoms with E-state index in [2.05, 4.69) is 15.6 Å². The number of carbonyl (C=O) groups excluding carboxylic acids is 1. The Morgan fingerprint density at radius 1 is 1.43 bits per heavy atom. The van der Waals surface area contributed by atoms with E-state index >= 15 is 0 Å². The van der Waals surface area contributed by atoms with Gasteiger partial charge >= 0.3 is 0 Å². The first-order valence-electron chi connectivity index (χ1n) is 7.32. The third kappa shape index (κ3) is 6.11. The van der Waals surface area contributed by atoms with Gasteiger partial charge in [0.2, 0.25) is 0 Å². The second kappa shape index (κ2) is 9.42. The fourth-order valence-electron chi connectivity index (χ4n) is 2.17. The van der Waals surface area contributed by atoms with Gasteiger partial charge in [-0.3, -0.25) is 9.79 Å². The molecule has 7 heteroatoms. The zero-order valence-electron chi connectivity index (χ0n) is 14.6. The Balaban J connectivity index is 2.89. The van der Waals surface area contributed by atoms with E-state index in [0.29, 0.717) is 11.3 Å². The van der Waals surface area contributed by atoms with Crippen molar-refractivity contribution in [1.29, 1.82) is 0 Å². The average Bonchev–Trinajstić information content (AvgIpc) is 2.51. The van der Waals surface area contributed by atoms with Gasteiger partial charge in [0.05, 0.1) is 12.7 Å². The summed E-state index contributed by atoms with van der Waals surface area (Å²) >= 11 is 1.52. The molecule has 2 N–H and O–H groups in total. The first-order chi connectivity index (χ1) is 10.9. The van der Waals surface area contributed by atoms with E-state index in [1.165, 1.54) is 11.8 Å². The van der Waals surface area contributed by atoms with Gasteiger partial charge in [0.1, 0.15) is 5.75 Å². The van der Waals surface area contributed by atoms with Gasteiger partial charge in [0.15, 0.2) is 5.17 Å². The largest absolute Gasteiger partial charge is 0.496 e. The van der Waals surface area contributed by atoms with Crippen LogP contribution in [0, 0.1) is 0 Å². The number of benzene rings is 1. The maximum absolute atomic E-state index is 12.4. The van der Waals surface area contributed by atoms with Gasteiger partial charge in [0.25, 0.3) is 5.91 Å². The van der Waals surface area contributed by atoms with Crippen molar-refractivity contribution >= 4 is 28.5 Å². The molecule has 128 valence electrons. The van der Waals surface area contributed by atoms with Crippen LogP contribution in [0.25, 0.3) is 0 Å². The molecule has 1 rings (SSSR count). The Morgan fingerprint density at radius 3 is 2.65 bits per heavy atom. The van der Waals surface area contributed by atoms with Crippen LogP contribution in [0.5, 0.6) is 5.75 Å². The summed E-state index contributed by atoms with van der Waals surface area (Å²) in [6.45, 7) is 2.75. The molecule has 0 aliphatic carbocycles. The number of nitrogens with zero attached hydrogens (tertiary/aromatic N) is 2.